The van der Waals surface area contributed by atoms with Crippen LogP contribution in [0.3, 0.4) is 0 Å². The zero-order chi connectivity index (χ0) is 13.0. The van der Waals surface area contributed by atoms with Crippen LogP contribution in [0.15, 0.2) is 60.8 Å². The predicted octanol–water partition coefficient (Wildman–Crippen LogP) is 5.61. The van der Waals surface area contributed by atoms with Gasteiger partial charge in [-0.25, -0.2) is 0 Å². The fourth-order valence-electron chi connectivity index (χ4n) is 1.01. The largest absolute Gasteiger partial charge is 0.0988 e. The van der Waals surface area contributed by atoms with Crippen LogP contribution < -0.4 is 0 Å². The average Bonchev–Trinajstić information content (AvgIpc) is 2.30. The van der Waals surface area contributed by atoms with Crippen LogP contribution in [0.25, 0.3) is 0 Å². The maximum Gasteiger partial charge on any atom is -0.0242 e. The number of allylic oxidation sites excluding steroid dienone is 7. The van der Waals surface area contributed by atoms with Crippen LogP contribution in [0.5, 0.6) is 0 Å². The van der Waals surface area contributed by atoms with Crippen molar-refractivity contribution in [3.05, 3.63) is 60.8 Å². The van der Waals surface area contributed by atoms with Gasteiger partial charge in [0.05, 0.1) is 0 Å². The normalized spacial score (nSPS) is 10.6. The molecule has 0 unspecified atom stereocenters. The van der Waals surface area contributed by atoms with Crippen molar-refractivity contribution in [2.75, 3.05) is 0 Å². The molecule has 0 aromatic carbocycles. The Balaban J connectivity index is 0. The van der Waals surface area contributed by atoms with E-state index >= 15 is 0 Å². The summed E-state index contributed by atoms with van der Waals surface area (Å²) in [5.74, 6) is 0. The number of rotatable bonds is 6. The quantitative estimate of drug-likeness (QED) is 0.508. The van der Waals surface area contributed by atoms with E-state index in [1.54, 1.807) is 0 Å². The van der Waals surface area contributed by atoms with E-state index in [-0.39, 0.29) is 0 Å². The summed E-state index contributed by atoms with van der Waals surface area (Å²) in [7, 11) is 0. The van der Waals surface area contributed by atoms with Gasteiger partial charge in [-0.05, 0) is 26.7 Å². The lowest BCUT2D eigenvalue weighted by Gasteiger charge is -2.01. The van der Waals surface area contributed by atoms with E-state index in [1.165, 1.54) is 5.57 Å². The highest BCUT2D eigenvalue weighted by molar-refractivity contribution is 5.25. The Bertz CT molecular complexity index is 274. The Kier molecular flexibility index (Phi) is 12.6. The second kappa shape index (κ2) is 11.8. The molecule has 0 amide bonds. The van der Waals surface area contributed by atoms with Gasteiger partial charge in [0.1, 0.15) is 0 Å². The Morgan fingerprint density at radius 3 is 2.00 bits per heavy atom. The van der Waals surface area contributed by atoms with E-state index < -0.39 is 0 Å². The van der Waals surface area contributed by atoms with Crippen molar-refractivity contribution >= 4 is 0 Å². The monoisotopic (exact) mass is 218 g/mol. The first-order chi connectivity index (χ1) is 7.60. The van der Waals surface area contributed by atoms with Gasteiger partial charge in [-0.3, -0.25) is 0 Å². The van der Waals surface area contributed by atoms with Crippen molar-refractivity contribution < 1.29 is 0 Å². The summed E-state index contributed by atoms with van der Waals surface area (Å²) in [5, 5.41) is 0. The molecule has 0 rings (SSSR count). The zero-order valence-electron chi connectivity index (χ0n) is 11.3. The lowest BCUT2D eigenvalue weighted by Crippen LogP contribution is -1.81. The highest BCUT2D eigenvalue weighted by atomic mass is 14.0. The van der Waals surface area contributed by atoms with E-state index in [9.17, 15) is 0 Å². The molecule has 0 aliphatic rings. The Hall–Kier alpha value is -1.30. The summed E-state index contributed by atoms with van der Waals surface area (Å²) in [6.45, 7) is 19.5. The first-order valence-electron chi connectivity index (χ1n) is 5.89. The topological polar surface area (TPSA) is 0 Å². The molecule has 0 aromatic rings. The highest BCUT2D eigenvalue weighted by Gasteiger charge is 1.92. The van der Waals surface area contributed by atoms with Gasteiger partial charge in [0, 0.05) is 0 Å². The fourth-order valence-corrected chi connectivity index (χ4v) is 1.01. The SMILES string of the molecule is C=C/C(=C\C)CCC(=C)/C=C\C(=C)C.CC. The van der Waals surface area contributed by atoms with Gasteiger partial charge in [-0.2, -0.15) is 0 Å². The summed E-state index contributed by atoms with van der Waals surface area (Å²) in [6, 6.07) is 0. The van der Waals surface area contributed by atoms with E-state index in [1.807, 2.05) is 45.9 Å². The molecule has 0 radical (unpaired) electrons. The van der Waals surface area contributed by atoms with Gasteiger partial charge >= 0.3 is 0 Å². The summed E-state index contributed by atoms with van der Waals surface area (Å²) < 4.78 is 0. The summed E-state index contributed by atoms with van der Waals surface area (Å²) in [6.07, 6.45) is 10.00. The van der Waals surface area contributed by atoms with Crippen molar-refractivity contribution in [2.24, 2.45) is 0 Å². The van der Waals surface area contributed by atoms with Crippen molar-refractivity contribution in [3.63, 3.8) is 0 Å². The summed E-state index contributed by atoms with van der Waals surface area (Å²) in [4.78, 5) is 0. The van der Waals surface area contributed by atoms with Crippen LogP contribution in [-0.4, -0.2) is 0 Å². The fraction of sp³-hybridized carbons (Fsp3) is 0.375. The molecule has 0 heterocycles. The molecule has 0 aliphatic heterocycles. The Morgan fingerprint density at radius 2 is 1.62 bits per heavy atom. The van der Waals surface area contributed by atoms with E-state index in [2.05, 4.69) is 25.8 Å². The highest BCUT2D eigenvalue weighted by Crippen LogP contribution is 2.12. The molecule has 90 valence electrons. The van der Waals surface area contributed by atoms with E-state index in [4.69, 9.17) is 0 Å². The minimum atomic E-state index is 0.982. The maximum atomic E-state index is 3.98. The first kappa shape index (κ1) is 17.1. The Morgan fingerprint density at radius 1 is 1.06 bits per heavy atom. The minimum absolute atomic E-state index is 0.982. The van der Waals surface area contributed by atoms with E-state index in [0.29, 0.717) is 0 Å². The second-order valence-electron chi connectivity index (χ2n) is 3.41. The van der Waals surface area contributed by atoms with Crippen LogP contribution >= 0.6 is 0 Å². The molecule has 0 aliphatic carbocycles. The molecular formula is C16H26. The van der Waals surface area contributed by atoms with Gasteiger partial charge in [0.2, 0.25) is 0 Å². The summed E-state index contributed by atoms with van der Waals surface area (Å²) >= 11 is 0. The molecule has 0 bridgehead atoms. The third-order valence-electron chi connectivity index (χ3n) is 1.97. The smallest absolute Gasteiger partial charge is 0.0242 e. The van der Waals surface area contributed by atoms with Gasteiger partial charge < -0.3 is 0 Å². The Labute approximate surface area is 102 Å². The molecule has 0 aromatic heterocycles. The molecule has 16 heavy (non-hydrogen) atoms. The minimum Gasteiger partial charge on any atom is -0.0988 e. The molecule has 0 saturated carbocycles. The van der Waals surface area contributed by atoms with Crippen molar-refractivity contribution in [1.82, 2.24) is 0 Å². The molecule has 0 saturated heterocycles. The van der Waals surface area contributed by atoms with Crippen LogP contribution in [-0.2, 0) is 0 Å². The van der Waals surface area contributed by atoms with Crippen LogP contribution in [0.2, 0.25) is 0 Å². The molecule has 0 atom stereocenters. The van der Waals surface area contributed by atoms with Crippen molar-refractivity contribution in [2.45, 2.75) is 40.5 Å². The number of hydrogen-bond acceptors (Lipinski definition) is 0. The second-order valence-corrected chi connectivity index (χ2v) is 3.41. The lowest BCUT2D eigenvalue weighted by atomic mass is 10.1. The lowest BCUT2D eigenvalue weighted by molar-refractivity contribution is 0.972. The molecule has 0 fully saturated rings. The van der Waals surface area contributed by atoms with Crippen LogP contribution in [0.1, 0.15) is 40.5 Å². The van der Waals surface area contributed by atoms with Gasteiger partial charge in [-0.15, -0.1) is 0 Å². The predicted molar refractivity (Wildman–Crippen MR) is 77.6 cm³/mol. The molecule has 0 N–H and O–H groups in total. The standard InChI is InChI=1S/C14H20.C2H6/c1-6-14(7-2)11-10-13(5)9-8-12(3)4;1-2/h6-9H,1,3,5,10-11H2,2,4H3;1-2H3/b9-8-,14-7+;. The van der Waals surface area contributed by atoms with Crippen molar-refractivity contribution in [1.29, 1.82) is 0 Å². The molecular weight excluding hydrogens is 192 g/mol. The van der Waals surface area contributed by atoms with Gasteiger partial charge in [0.25, 0.3) is 0 Å². The first-order valence-corrected chi connectivity index (χ1v) is 5.89. The number of hydrogen-bond donors (Lipinski definition) is 0. The van der Waals surface area contributed by atoms with Gasteiger partial charge in [-0.1, -0.05) is 74.6 Å². The van der Waals surface area contributed by atoms with Gasteiger partial charge in [0.15, 0.2) is 0 Å². The average molecular weight is 218 g/mol. The maximum absolute atomic E-state index is 3.98. The molecule has 0 heteroatoms. The third kappa shape index (κ3) is 10.8. The van der Waals surface area contributed by atoms with E-state index in [0.717, 1.165) is 24.0 Å². The van der Waals surface area contributed by atoms with Crippen LogP contribution in [0.4, 0.5) is 0 Å². The summed E-state index contributed by atoms with van der Waals surface area (Å²) in [5.41, 5.74) is 3.46. The van der Waals surface area contributed by atoms with Crippen LogP contribution in [0, 0.1) is 0 Å². The molecule has 0 nitrogen and oxygen atoms in total. The molecule has 0 spiro atoms. The van der Waals surface area contributed by atoms with Crippen molar-refractivity contribution in [3.8, 4) is 0 Å². The zero-order valence-corrected chi connectivity index (χ0v) is 11.3. The third-order valence-corrected chi connectivity index (χ3v) is 1.97.